The Labute approximate surface area is 191 Å². The molecular formula is C21H25ClN4O5S. The van der Waals surface area contributed by atoms with Crippen molar-refractivity contribution in [2.24, 2.45) is 0 Å². The molecule has 11 heteroatoms. The largest absolute Gasteiger partial charge is 0.382 e. The highest BCUT2D eigenvalue weighted by atomic mass is 35.5. The van der Waals surface area contributed by atoms with E-state index in [9.17, 15) is 23.1 Å². The number of benzene rings is 2. The Bertz CT molecular complexity index is 1150. The number of aliphatic hydroxyl groups excluding tert-OH is 1. The van der Waals surface area contributed by atoms with Gasteiger partial charge in [-0.05, 0) is 35.0 Å². The van der Waals surface area contributed by atoms with Crippen molar-refractivity contribution in [1.29, 1.82) is 0 Å². The van der Waals surface area contributed by atoms with Crippen molar-refractivity contribution in [3.05, 3.63) is 41.4 Å². The molecule has 0 unspecified atom stereocenters. The second-order valence-electron chi connectivity index (χ2n) is 8.06. The molecule has 9 nitrogen and oxygen atoms in total. The summed E-state index contributed by atoms with van der Waals surface area (Å²) in [6.07, 6.45) is -1.66. The first-order valence-corrected chi connectivity index (χ1v) is 12.4. The van der Waals surface area contributed by atoms with Gasteiger partial charge in [-0.2, -0.15) is 0 Å². The number of hydrogen-bond acceptors (Lipinski definition) is 6. The monoisotopic (exact) mass is 480 g/mol. The Morgan fingerprint density at radius 1 is 1.03 bits per heavy atom. The van der Waals surface area contributed by atoms with Crippen LogP contribution in [0.2, 0.25) is 5.02 Å². The second kappa shape index (κ2) is 8.86. The maximum absolute atomic E-state index is 12.8. The highest BCUT2D eigenvalue weighted by Crippen LogP contribution is 2.24. The fourth-order valence-electron chi connectivity index (χ4n) is 4.03. The molecule has 0 aliphatic carbocycles. The summed E-state index contributed by atoms with van der Waals surface area (Å²) in [7, 11) is -2.14. The minimum atomic E-state index is -3.88. The van der Waals surface area contributed by atoms with Crippen LogP contribution in [-0.4, -0.2) is 103 Å². The molecule has 0 bridgehead atoms. The number of rotatable bonds is 5. The van der Waals surface area contributed by atoms with E-state index in [2.05, 4.69) is 0 Å². The minimum absolute atomic E-state index is 0.0423. The van der Waals surface area contributed by atoms with Crippen LogP contribution in [0.25, 0.3) is 10.8 Å². The van der Waals surface area contributed by atoms with E-state index in [0.29, 0.717) is 49.7 Å². The molecule has 32 heavy (non-hydrogen) atoms. The Balaban J connectivity index is 1.38. The van der Waals surface area contributed by atoms with Gasteiger partial charge in [0.25, 0.3) is 5.91 Å². The molecule has 4 rings (SSSR count). The normalized spacial score (nSPS) is 19.1. The van der Waals surface area contributed by atoms with Crippen LogP contribution in [0.1, 0.15) is 0 Å². The standard InChI is InChI=1S/C21H25ClN4O5S/c1-23-6-11-26(21(23)29)25-9-7-24(8-10-25)20(28)19(27)14-32(30,31)18-5-3-15-12-17(22)4-2-16(15)13-18/h2-5,12-13,19,27H,6-11,14H2,1H3/t19-/m1/s1. The van der Waals surface area contributed by atoms with Crippen LogP contribution in [-0.2, 0) is 14.6 Å². The van der Waals surface area contributed by atoms with Gasteiger partial charge in [-0.25, -0.2) is 18.2 Å². The Kier molecular flexibility index (Phi) is 6.30. The van der Waals surface area contributed by atoms with Crippen molar-refractivity contribution in [3.63, 3.8) is 0 Å². The third kappa shape index (κ3) is 4.54. The lowest BCUT2D eigenvalue weighted by molar-refractivity contribution is -0.142. The van der Waals surface area contributed by atoms with E-state index >= 15 is 0 Å². The molecule has 0 saturated carbocycles. The quantitative estimate of drug-likeness (QED) is 0.686. The number of halogens is 1. The molecule has 2 saturated heterocycles. The van der Waals surface area contributed by atoms with E-state index in [0.717, 1.165) is 5.39 Å². The van der Waals surface area contributed by atoms with Gasteiger partial charge in [0.2, 0.25) is 0 Å². The van der Waals surface area contributed by atoms with E-state index < -0.39 is 27.6 Å². The van der Waals surface area contributed by atoms with Gasteiger partial charge in [0.05, 0.1) is 17.2 Å². The summed E-state index contributed by atoms with van der Waals surface area (Å²) in [5.41, 5.74) is 0. The molecule has 1 atom stereocenters. The second-order valence-corrected chi connectivity index (χ2v) is 10.5. The topological polar surface area (TPSA) is 101 Å². The zero-order chi connectivity index (χ0) is 23.0. The molecule has 1 N–H and O–H groups in total. The van der Waals surface area contributed by atoms with Gasteiger partial charge in [0.1, 0.15) is 6.10 Å². The molecule has 0 aromatic heterocycles. The van der Waals surface area contributed by atoms with Crippen molar-refractivity contribution in [2.45, 2.75) is 11.0 Å². The lowest BCUT2D eigenvalue weighted by Gasteiger charge is -2.39. The van der Waals surface area contributed by atoms with Gasteiger partial charge < -0.3 is 14.9 Å². The molecular weight excluding hydrogens is 456 g/mol. The van der Waals surface area contributed by atoms with E-state index in [1.54, 1.807) is 41.2 Å². The van der Waals surface area contributed by atoms with Gasteiger partial charge in [-0.1, -0.05) is 23.7 Å². The predicted octanol–water partition coefficient (Wildman–Crippen LogP) is 1.05. The number of urea groups is 1. The summed E-state index contributed by atoms with van der Waals surface area (Å²) >= 11 is 5.97. The van der Waals surface area contributed by atoms with Crippen molar-refractivity contribution in [3.8, 4) is 0 Å². The molecule has 172 valence electrons. The molecule has 0 spiro atoms. The number of carbonyl (C=O) groups is 2. The molecule has 2 fully saturated rings. The molecule has 2 aromatic carbocycles. The van der Waals surface area contributed by atoms with E-state index in [1.807, 2.05) is 5.01 Å². The van der Waals surface area contributed by atoms with Gasteiger partial charge in [0, 0.05) is 44.8 Å². The molecule has 3 amide bonds. The number of hydrazine groups is 1. The van der Waals surface area contributed by atoms with Gasteiger partial charge in [0.15, 0.2) is 9.84 Å². The van der Waals surface area contributed by atoms with Crippen molar-refractivity contribution < 1.29 is 23.1 Å². The van der Waals surface area contributed by atoms with Crippen molar-refractivity contribution in [1.82, 2.24) is 19.8 Å². The first-order valence-electron chi connectivity index (χ1n) is 10.3. The van der Waals surface area contributed by atoms with Crippen LogP contribution < -0.4 is 0 Å². The zero-order valence-corrected chi connectivity index (χ0v) is 19.2. The lowest BCUT2D eigenvalue weighted by Crippen LogP contribution is -2.57. The van der Waals surface area contributed by atoms with Crippen LogP contribution in [0.15, 0.2) is 41.3 Å². The lowest BCUT2D eigenvalue weighted by atomic mass is 10.1. The summed E-state index contributed by atoms with van der Waals surface area (Å²) in [5, 5.41) is 16.0. The first-order chi connectivity index (χ1) is 15.2. The van der Waals surface area contributed by atoms with Crippen LogP contribution in [0.3, 0.4) is 0 Å². The Morgan fingerprint density at radius 3 is 2.34 bits per heavy atom. The molecule has 0 radical (unpaired) electrons. The van der Waals surface area contributed by atoms with E-state index in [1.165, 1.54) is 17.0 Å². The van der Waals surface area contributed by atoms with Crippen LogP contribution >= 0.6 is 11.6 Å². The van der Waals surface area contributed by atoms with Gasteiger partial charge in [-0.15, -0.1) is 0 Å². The molecule has 2 aliphatic heterocycles. The number of sulfone groups is 1. The third-order valence-electron chi connectivity index (χ3n) is 5.90. The average molecular weight is 481 g/mol. The number of likely N-dealkylation sites (N-methyl/N-ethyl adjacent to an activating group) is 1. The highest BCUT2D eigenvalue weighted by Gasteiger charge is 2.35. The van der Waals surface area contributed by atoms with E-state index in [4.69, 9.17) is 11.6 Å². The van der Waals surface area contributed by atoms with Crippen LogP contribution in [0.4, 0.5) is 4.79 Å². The average Bonchev–Trinajstić information content (AvgIpc) is 3.11. The zero-order valence-electron chi connectivity index (χ0n) is 17.6. The smallest absolute Gasteiger partial charge is 0.334 e. The number of piperazine rings is 1. The minimum Gasteiger partial charge on any atom is -0.382 e. The van der Waals surface area contributed by atoms with Gasteiger partial charge >= 0.3 is 6.03 Å². The summed E-state index contributed by atoms with van der Waals surface area (Å²) in [4.78, 5) is 27.9. The first kappa shape index (κ1) is 22.8. The summed E-state index contributed by atoms with van der Waals surface area (Å²) in [6, 6.07) is 9.67. The SMILES string of the molecule is CN1CCN(N2CCN(C(=O)[C@H](O)CS(=O)(=O)c3ccc4cc(Cl)ccc4c3)CC2)C1=O. The maximum atomic E-state index is 12.8. The van der Waals surface area contributed by atoms with Crippen molar-refractivity contribution in [2.75, 3.05) is 52.1 Å². The van der Waals surface area contributed by atoms with Crippen molar-refractivity contribution >= 4 is 44.1 Å². The number of nitrogens with zero attached hydrogens (tertiary/aromatic N) is 4. The summed E-state index contributed by atoms with van der Waals surface area (Å²) in [6.45, 7) is 2.74. The summed E-state index contributed by atoms with van der Waals surface area (Å²) < 4.78 is 25.6. The highest BCUT2D eigenvalue weighted by molar-refractivity contribution is 7.91. The molecule has 2 heterocycles. The van der Waals surface area contributed by atoms with E-state index in [-0.39, 0.29) is 10.9 Å². The third-order valence-corrected chi connectivity index (χ3v) is 7.86. The predicted molar refractivity (Wildman–Crippen MR) is 120 cm³/mol. The Hall–Kier alpha value is -2.40. The van der Waals surface area contributed by atoms with Crippen LogP contribution in [0.5, 0.6) is 0 Å². The number of carbonyl (C=O) groups excluding carboxylic acids is 2. The maximum Gasteiger partial charge on any atom is 0.334 e. The summed E-state index contributed by atoms with van der Waals surface area (Å²) in [5.74, 6) is -1.31. The fourth-order valence-corrected chi connectivity index (χ4v) is 5.54. The number of hydrogen-bond donors (Lipinski definition) is 1. The molecule has 2 aliphatic rings. The fraction of sp³-hybridized carbons (Fsp3) is 0.429. The van der Waals surface area contributed by atoms with Gasteiger partial charge in [-0.3, -0.25) is 9.80 Å². The Morgan fingerprint density at radius 2 is 1.69 bits per heavy atom. The number of amides is 3. The molecule has 2 aromatic rings. The number of aliphatic hydroxyl groups is 1. The number of fused-ring (bicyclic) bond motifs is 1. The van der Waals surface area contributed by atoms with Crippen LogP contribution in [0, 0.1) is 0 Å².